The Labute approximate surface area is 150 Å². The molecule has 0 spiro atoms. The molecule has 1 saturated heterocycles. The highest BCUT2D eigenvalue weighted by molar-refractivity contribution is 5.19. The maximum Gasteiger partial charge on any atom is 0.0955 e. The number of hydrogen-bond acceptors (Lipinski definition) is 4. The van der Waals surface area contributed by atoms with Crippen molar-refractivity contribution in [1.29, 1.82) is 0 Å². The van der Waals surface area contributed by atoms with E-state index in [2.05, 4.69) is 34.5 Å². The topological polar surface area (TPSA) is 44.7 Å². The van der Waals surface area contributed by atoms with Crippen molar-refractivity contribution in [3.05, 3.63) is 71.8 Å². The number of benzene rings is 2. The minimum absolute atomic E-state index is 0.00390. The molecule has 25 heavy (non-hydrogen) atoms. The van der Waals surface area contributed by atoms with E-state index in [1.54, 1.807) is 0 Å². The first-order valence-corrected chi connectivity index (χ1v) is 9.13. The Morgan fingerprint density at radius 2 is 1.60 bits per heavy atom. The van der Waals surface area contributed by atoms with E-state index in [0.29, 0.717) is 0 Å². The molecule has 0 radical (unpaired) electrons. The van der Waals surface area contributed by atoms with E-state index in [-0.39, 0.29) is 6.04 Å². The van der Waals surface area contributed by atoms with Gasteiger partial charge in [-0.25, -0.2) is 0 Å². The molecule has 2 aromatic rings. The van der Waals surface area contributed by atoms with Crippen molar-refractivity contribution < 1.29 is 9.84 Å². The van der Waals surface area contributed by atoms with Crippen LogP contribution in [0.3, 0.4) is 0 Å². The van der Waals surface area contributed by atoms with Gasteiger partial charge in [0.1, 0.15) is 0 Å². The molecule has 0 aromatic heterocycles. The number of rotatable bonds is 8. The lowest BCUT2D eigenvalue weighted by molar-refractivity contribution is 0.0203. The van der Waals surface area contributed by atoms with Gasteiger partial charge in [-0.15, -0.1) is 0 Å². The predicted molar refractivity (Wildman–Crippen MR) is 101 cm³/mol. The summed E-state index contributed by atoms with van der Waals surface area (Å²) < 4.78 is 5.44. The summed E-state index contributed by atoms with van der Waals surface area (Å²) in [5.74, 6) is 0. The Kier molecular flexibility index (Phi) is 7.00. The molecule has 2 aromatic carbocycles. The van der Waals surface area contributed by atoms with E-state index in [4.69, 9.17) is 4.74 Å². The summed E-state index contributed by atoms with van der Waals surface area (Å²) in [4.78, 5) is 2.37. The van der Waals surface area contributed by atoms with Gasteiger partial charge in [-0.1, -0.05) is 60.7 Å². The van der Waals surface area contributed by atoms with Crippen LogP contribution in [0.2, 0.25) is 0 Å². The summed E-state index contributed by atoms with van der Waals surface area (Å²) in [7, 11) is 0. The van der Waals surface area contributed by atoms with Crippen molar-refractivity contribution in [3.63, 3.8) is 0 Å². The molecular formula is C21H28N2O2. The Balaban J connectivity index is 1.60. The molecule has 134 valence electrons. The summed E-state index contributed by atoms with van der Waals surface area (Å²) >= 11 is 0. The van der Waals surface area contributed by atoms with E-state index >= 15 is 0 Å². The highest BCUT2D eigenvalue weighted by Gasteiger charge is 2.24. The zero-order chi connectivity index (χ0) is 17.3. The molecule has 0 bridgehead atoms. The number of nitrogens with zero attached hydrogens (tertiary/aromatic N) is 1. The van der Waals surface area contributed by atoms with Crippen molar-refractivity contribution in [2.45, 2.75) is 18.6 Å². The number of ether oxygens (including phenoxy) is 1. The predicted octanol–water partition coefficient (Wildman–Crippen LogP) is 2.25. The van der Waals surface area contributed by atoms with E-state index in [9.17, 15) is 5.11 Å². The van der Waals surface area contributed by atoms with E-state index < -0.39 is 6.10 Å². The van der Waals surface area contributed by atoms with Crippen LogP contribution in [0.4, 0.5) is 0 Å². The number of morpholine rings is 1. The maximum absolute atomic E-state index is 10.9. The van der Waals surface area contributed by atoms with Gasteiger partial charge < -0.3 is 15.2 Å². The lowest BCUT2D eigenvalue weighted by Gasteiger charge is -2.33. The second kappa shape index (κ2) is 9.68. The minimum atomic E-state index is -0.514. The highest BCUT2D eigenvalue weighted by Crippen LogP contribution is 2.18. The molecule has 1 aliphatic rings. The fraction of sp³-hybridized carbons (Fsp3) is 0.429. The lowest BCUT2D eigenvalue weighted by Crippen LogP contribution is -2.48. The molecule has 4 heteroatoms. The summed E-state index contributed by atoms with van der Waals surface area (Å²) in [5, 5.41) is 14.5. The molecule has 0 aliphatic carbocycles. The van der Waals surface area contributed by atoms with Crippen LogP contribution >= 0.6 is 0 Å². The molecule has 1 heterocycles. The van der Waals surface area contributed by atoms with Crippen molar-refractivity contribution in [1.82, 2.24) is 10.2 Å². The average Bonchev–Trinajstić information content (AvgIpc) is 2.69. The molecule has 2 atom stereocenters. The Morgan fingerprint density at radius 1 is 0.960 bits per heavy atom. The van der Waals surface area contributed by atoms with Gasteiger partial charge in [-0.05, 0) is 24.1 Å². The Morgan fingerprint density at radius 3 is 2.28 bits per heavy atom. The lowest BCUT2D eigenvalue weighted by atomic mass is 10.0. The summed E-state index contributed by atoms with van der Waals surface area (Å²) in [6.45, 7) is 5.09. The fourth-order valence-corrected chi connectivity index (χ4v) is 3.27. The maximum atomic E-state index is 10.9. The summed E-state index contributed by atoms with van der Waals surface area (Å²) in [5.41, 5.74) is 2.28. The summed E-state index contributed by atoms with van der Waals surface area (Å²) in [6.07, 6.45) is 0.446. The highest BCUT2D eigenvalue weighted by atomic mass is 16.5. The Bertz CT molecular complexity index is 600. The summed E-state index contributed by atoms with van der Waals surface area (Å²) in [6, 6.07) is 20.4. The van der Waals surface area contributed by atoms with Crippen molar-refractivity contribution in [2.75, 3.05) is 39.4 Å². The number of aliphatic hydroxyl groups is 1. The molecule has 0 unspecified atom stereocenters. The van der Waals surface area contributed by atoms with Crippen LogP contribution in [-0.2, 0) is 11.2 Å². The molecule has 1 aliphatic heterocycles. The largest absolute Gasteiger partial charge is 0.387 e. The van der Waals surface area contributed by atoms with Crippen LogP contribution in [0.25, 0.3) is 0 Å². The molecule has 0 amide bonds. The van der Waals surface area contributed by atoms with Gasteiger partial charge in [0.2, 0.25) is 0 Å². The van der Waals surface area contributed by atoms with Crippen molar-refractivity contribution in [2.24, 2.45) is 0 Å². The van der Waals surface area contributed by atoms with Crippen LogP contribution in [-0.4, -0.2) is 55.4 Å². The van der Waals surface area contributed by atoms with Crippen LogP contribution < -0.4 is 5.32 Å². The van der Waals surface area contributed by atoms with E-state index in [0.717, 1.165) is 51.4 Å². The average molecular weight is 340 g/mol. The molecule has 2 N–H and O–H groups in total. The third kappa shape index (κ3) is 5.65. The van der Waals surface area contributed by atoms with E-state index in [1.807, 2.05) is 36.4 Å². The van der Waals surface area contributed by atoms with Crippen molar-refractivity contribution >= 4 is 0 Å². The molecule has 0 saturated carbocycles. The zero-order valence-electron chi connectivity index (χ0n) is 14.7. The van der Waals surface area contributed by atoms with Gasteiger partial charge in [-0.2, -0.15) is 0 Å². The number of aliphatic hydroxyl groups excluding tert-OH is 1. The van der Waals surface area contributed by atoms with Gasteiger partial charge >= 0.3 is 0 Å². The van der Waals surface area contributed by atoms with E-state index in [1.165, 1.54) is 5.56 Å². The second-order valence-corrected chi connectivity index (χ2v) is 6.56. The molecule has 1 fully saturated rings. The van der Waals surface area contributed by atoms with Crippen LogP contribution in [0.5, 0.6) is 0 Å². The van der Waals surface area contributed by atoms with Gasteiger partial charge in [0.15, 0.2) is 0 Å². The number of nitrogens with one attached hydrogen (secondary N) is 1. The van der Waals surface area contributed by atoms with Gasteiger partial charge in [0.05, 0.1) is 19.3 Å². The van der Waals surface area contributed by atoms with Gasteiger partial charge in [-0.3, -0.25) is 4.90 Å². The normalized spacial score (nSPS) is 18.0. The monoisotopic (exact) mass is 340 g/mol. The van der Waals surface area contributed by atoms with Gasteiger partial charge in [0, 0.05) is 25.7 Å². The SMILES string of the molecule is O[C@@H](c1ccccc1)[C@@H](CN1CCOCC1)NCCc1ccccc1. The Hall–Kier alpha value is -1.72. The first-order valence-electron chi connectivity index (χ1n) is 9.13. The molecule has 3 rings (SSSR count). The van der Waals surface area contributed by atoms with Crippen molar-refractivity contribution in [3.8, 4) is 0 Å². The first kappa shape index (κ1) is 18.1. The van der Waals surface area contributed by atoms with Gasteiger partial charge in [0.25, 0.3) is 0 Å². The minimum Gasteiger partial charge on any atom is -0.387 e. The standard InChI is InChI=1S/C21H28N2O2/c24-21(19-9-5-2-6-10-19)20(17-23-13-15-25-16-14-23)22-12-11-18-7-3-1-4-8-18/h1-10,20-22,24H,11-17H2/t20-,21+/m1/s1. The third-order valence-electron chi connectivity index (χ3n) is 4.74. The van der Waals surface area contributed by atoms with Crippen LogP contribution in [0, 0.1) is 0 Å². The smallest absolute Gasteiger partial charge is 0.0955 e. The van der Waals surface area contributed by atoms with Crippen LogP contribution in [0.1, 0.15) is 17.2 Å². The number of hydrogen-bond donors (Lipinski definition) is 2. The first-order chi connectivity index (χ1) is 12.3. The quantitative estimate of drug-likeness (QED) is 0.774. The molecular weight excluding hydrogens is 312 g/mol. The van der Waals surface area contributed by atoms with Crippen LogP contribution in [0.15, 0.2) is 60.7 Å². The second-order valence-electron chi connectivity index (χ2n) is 6.56. The molecule has 4 nitrogen and oxygen atoms in total. The zero-order valence-corrected chi connectivity index (χ0v) is 14.7. The third-order valence-corrected chi connectivity index (χ3v) is 4.74. The fourth-order valence-electron chi connectivity index (χ4n) is 3.27.